The second-order valence-electron chi connectivity index (χ2n) is 19.6. The van der Waals surface area contributed by atoms with E-state index < -0.39 is 113 Å². The fourth-order valence-corrected chi connectivity index (χ4v) is 10.4. The molecule has 31 nitrogen and oxygen atoms in total. The van der Waals surface area contributed by atoms with Crippen molar-refractivity contribution in [2.45, 2.75) is 74.3 Å². The number of halogens is 1. The highest BCUT2D eigenvalue weighted by atomic mass is 35.5. The number of aromatic amines is 1. The number of carboxylic acid groups (broad SMARTS) is 2. The van der Waals surface area contributed by atoms with E-state index in [0.29, 0.717) is 33.2 Å². The predicted octanol–water partition coefficient (Wildman–Crippen LogP) is 1.35. The molecule has 4 heterocycles. The van der Waals surface area contributed by atoms with Crippen molar-refractivity contribution in [2.24, 2.45) is 10.3 Å². The zero-order chi connectivity index (χ0) is 62.1. The van der Waals surface area contributed by atoms with Crippen molar-refractivity contribution in [3.63, 3.8) is 0 Å². The largest absolute Gasteiger partial charge is 0.501 e. The minimum absolute atomic E-state index is 0.0110. The van der Waals surface area contributed by atoms with Gasteiger partial charge in [-0.1, -0.05) is 16.3 Å². The molecule has 4 aromatic carbocycles. The van der Waals surface area contributed by atoms with Crippen LogP contribution in [0.15, 0.2) is 77.0 Å². The summed E-state index contributed by atoms with van der Waals surface area (Å²) in [5.74, 6) is -6.61. The fraction of sp³-hybridized carbons (Fsp3) is 0.453. The van der Waals surface area contributed by atoms with Gasteiger partial charge in [-0.3, -0.25) is 9.59 Å². The number of anilines is 1. The summed E-state index contributed by atoms with van der Waals surface area (Å²) in [5, 5.41) is 89.7. The van der Waals surface area contributed by atoms with E-state index >= 15 is 0 Å². The number of rotatable bonds is 27. The number of likely N-dealkylation sites (N-methyl/N-ethyl adjacent to an activating group) is 1. The van der Waals surface area contributed by atoms with Crippen LogP contribution in [-0.4, -0.2) is 229 Å². The van der Waals surface area contributed by atoms with Gasteiger partial charge in [-0.15, -0.1) is 20.0 Å². The Bertz CT molecular complexity index is 3500. The molecule has 5 aromatic rings. The van der Waals surface area contributed by atoms with Crippen LogP contribution >= 0.6 is 11.6 Å². The number of alkyl halides is 1. The number of benzene rings is 4. The highest BCUT2D eigenvalue weighted by molar-refractivity contribution is 7.82. The van der Waals surface area contributed by atoms with Gasteiger partial charge in [0.2, 0.25) is 6.29 Å². The van der Waals surface area contributed by atoms with E-state index in [1.54, 1.807) is 24.3 Å². The maximum atomic E-state index is 14.7. The Morgan fingerprint density at radius 1 is 0.756 bits per heavy atom. The van der Waals surface area contributed by atoms with E-state index in [2.05, 4.69) is 20.2 Å². The number of hydrogen-bond donors (Lipinski definition) is 9. The number of hydrogen-bond acceptors (Lipinski definition) is 24. The summed E-state index contributed by atoms with van der Waals surface area (Å²) >= 11 is 6.59. The maximum absolute atomic E-state index is 14.7. The predicted molar refractivity (Wildman–Crippen MR) is 297 cm³/mol. The number of aliphatic hydroxyl groups is 6. The number of carbonyl (C=O) groups is 4. The van der Waals surface area contributed by atoms with Crippen LogP contribution in [0.2, 0.25) is 0 Å². The molecule has 2 fully saturated rings. The minimum Gasteiger partial charge on any atom is -0.497 e. The Balaban J connectivity index is 1.05. The number of aliphatic hydroxyl groups excluding tert-OH is 6. The average Bonchev–Trinajstić information content (AvgIpc) is 1.69. The normalized spacial score (nSPS) is 24.0. The van der Waals surface area contributed by atoms with Crippen LogP contribution in [0.1, 0.15) is 44.8 Å². The van der Waals surface area contributed by atoms with Crippen LogP contribution in [0.5, 0.6) is 23.0 Å². The SMILES string of the molecule is COc1ccc2c(OS(=O)(=O)Oc3cc(C(=O)N(C)CCOCCOCCOCCN=[N+]=[N-])ccc3O[C@@H]3O[C@H](C(=O)O)[C@@H](O)[C@H](O)[C@H]3O)cc3c(c2c1)[C@H](CCl)CN3C(=O)c1cc2cc(/C(C)=N/O[C@@H]3O[C@H](C(=O)O)[C@@H](O)[C@H](O)[C@H]3O)ccc2[nH]1. The van der Waals surface area contributed by atoms with Crippen LogP contribution in [0.3, 0.4) is 0 Å². The summed E-state index contributed by atoms with van der Waals surface area (Å²) < 4.78 is 78.0. The number of nitrogens with zero attached hydrogens (tertiary/aromatic N) is 6. The van der Waals surface area contributed by atoms with Crippen LogP contribution in [0.4, 0.5) is 5.69 Å². The van der Waals surface area contributed by atoms with Gasteiger partial charge in [-0.2, -0.15) is 0 Å². The molecule has 8 rings (SSSR count). The van der Waals surface area contributed by atoms with Gasteiger partial charge in [-0.05, 0) is 83.6 Å². The molecule has 11 atom stereocenters. The van der Waals surface area contributed by atoms with E-state index in [4.69, 9.17) is 63.5 Å². The number of aromatic nitrogens is 1. The summed E-state index contributed by atoms with van der Waals surface area (Å²) in [5.41, 5.74) is 10.0. The van der Waals surface area contributed by atoms with E-state index in [9.17, 15) is 68.4 Å². The third-order valence-corrected chi connectivity index (χ3v) is 15.1. The number of oxime groups is 1. The number of aliphatic carboxylic acids is 2. The van der Waals surface area contributed by atoms with Crippen LogP contribution in [0.25, 0.3) is 32.1 Å². The van der Waals surface area contributed by atoms with Gasteiger partial charge in [0.15, 0.2) is 29.5 Å². The average molecular weight is 1250 g/mol. The summed E-state index contributed by atoms with van der Waals surface area (Å²) in [6.07, 6.45) is -20.0. The van der Waals surface area contributed by atoms with E-state index in [1.165, 1.54) is 61.2 Å². The molecular formula is C53H60ClN7O24S. The lowest BCUT2D eigenvalue weighted by molar-refractivity contribution is -0.294. The number of carboxylic acids is 2. The Morgan fingerprint density at radius 3 is 2.03 bits per heavy atom. The lowest BCUT2D eigenvalue weighted by Gasteiger charge is -2.38. The lowest BCUT2D eigenvalue weighted by atomic mass is 9.95. The monoisotopic (exact) mass is 1250 g/mol. The molecule has 0 bridgehead atoms. The van der Waals surface area contributed by atoms with Crippen molar-refractivity contribution < 1.29 is 115 Å². The molecule has 86 heavy (non-hydrogen) atoms. The van der Waals surface area contributed by atoms with E-state index in [0.717, 1.165) is 12.1 Å². The number of ether oxygens (including phenoxy) is 7. The summed E-state index contributed by atoms with van der Waals surface area (Å²) in [6.45, 7) is 2.83. The number of carbonyl (C=O) groups excluding carboxylic acids is 2. The molecule has 3 aliphatic heterocycles. The summed E-state index contributed by atoms with van der Waals surface area (Å²) in [7, 11) is -2.56. The Hall–Kier alpha value is -7.66. The fourth-order valence-electron chi connectivity index (χ4n) is 9.43. The number of amides is 2. The molecule has 9 N–H and O–H groups in total. The topological polar surface area (TPSA) is 440 Å². The van der Waals surface area contributed by atoms with Crippen molar-refractivity contribution in [3.8, 4) is 23.0 Å². The first-order valence-corrected chi connectivity index (χ1v) is 28.1. The molecule has 0 aliphatic carbocycles. The van der Waals surface area contributed by atoms with Gasteiger partial charge in [0.25, 0.3) is 18.1 Å². The highest BCUT2D eigenvalue weighted by Gasteiger charge is 2.50. The minimum atomic E-state index is -5.39. The smallest absolute Gasteiger partial charge is 0.497 e. The first-order valence-electron chi connectivity index (χ1n) is 26.2. The molecule has 0 spiro atoms. The van der Waals surface area contributed by atoms with E-state index in [1.807, 2.05) is 0 Å². The third kappa shape index (κ3) is 14.6. The lowest BCUT2D eigenvalue weighted by Crippen LogP contribution is -2.61. The second kappa shape index (κ2) is 28.2. The number of azide groups is 1. The number of H-pyrrole nitrogens is 1. The van der Waals surface area contributed by atoms with Crippen molar-refractivity contribution in [3.05, 3.63) is 99.6 Å². The van der Waals surface area contributed by atoms with Crippen LogP contribution < -0.4 is 22.7 Å². The van der Waals surface area contributed by atoms with Gasteiger partial charge >= 0.3 is 22.3 Å². The van der Waals surface area contributed by atoms with Crippen molar-refractivity contribution in [2.75, 3.05) is 84.2 Å². The van der Waals surface area contributed by atoms with Crippen molar-refractivity contribution >= 4 is 78.8 Å². The van der Waals surface area contributed by atoms with Gasteiger partial charge in [0.1, 0.15) is 48.1 Å². The zero-order valence-electron chi connectivity index (χ0n) is 45.9. The quantitative estimate of drug-likeness (QED) is 0.00681. The molecule has 33 heteroatoms. The first-order chi connectivity index (χ1) is 41.1. The number of fused-ring (bicyclic) bond motifs is 4. The van der Waals surface area contributed by atoms with Gasteiger partial charge in [0.05, 0.1) is 58.2 Å². The van der Waals surface area contributed by atoms with Crippen molar-refractivity contribution in [1.29, 1.82) is 0 Å². The van der Waals surface area contributed by atoms with E-state index in [-0.39, 0.29) is 98.9 Å². The third-order valence-electron chi connectivity index (χ3n) is 13.9. The second-order valence-corrected chi connectivity index (χ2v) is 21.1. The first kappa shape index (κ1) is 64.3. The van der Waals surface area contributed by atoms with Gasteiger partial charge < -0.3 is 102 Å². The Labute approximate surface area is 493 Å². The molecule has 0 radical (unpaired) electrons. The van der Waals surface area contributed by atoms with Crippen LogP contribution in [-0.2, 0) is 48.5 Å². The molecule has 0 unspecified atom stereocenters. The van der Waals surface area contributed by atoms with Crippen LogP contribution in [0, 0.1) is 0 Å². The Morgan fingerprint density at radius 2 is 1.38 bits per heavy atom. The van der Waals surface area contributed by atoms with Gasteiger partial charge in [-0.25, -0.2) is 9.59 Å². The molecule has 464 valence electrons. The summed E-state index contributed by atoms with van der Waals surface area (Å²) in [4.78, 5) is 65.7. The molecule has 2 amide bonds. The van der Waals surface area contributed by atoms with Gasteiger partial charge in [0, 0.05) is 71.3 Å². The number of methoxy groups -OCH3 is 1. The molecule has 3 aliphatic rings. The molecule has 1 aromatic heterocycles. The maximum Gasteiger partial charge on any atom is 0.501 e. The molecular weight excluding hydrogens is 1190 g/mol. The van der Waals surface area contributed by atoms with Crippen molar-refractivity contribution in [1.82, 2.24) is 9.88 Å². The number of nitrogens with one attached hydrogen (secondary N) is 1. The highest BCUT2D eigenvalue weighted by Crippen LogP contribution is 2.48. The molecule has 2 saturated heterocycles. The Kier molecular flexibility index (Phi) is 21.1. The molecule has 0 saturated carbocycles. The zero-order valence-corrected chi connectivity index (χ0v) is 47.4. The standard InChI is InChI=1S/C53H60ClN7O24S/c1-25(58-83-53-45(67)41(63)43(65)47(82-53)51(72)73)26-4-8-33-28(18-26)19-34(57-33)49(69)61-24-29(23-54)39-32-21-30(76-3)6-7-31(32)37(22-35(39)61)84-86(74,75)85-38-20-27(5-9-36(38)80-52-44(66)40(62)42(64)46(81-52)50(70)71)48(68)60(2)11-13-78-15-17-79-16-14-77-12-10-56-59-55/h4-9,18-22,29,40-47,52-53,57,62-67H,10-17,23-24H2,1-3H3,(H,70,71)(H,72,73)/b58-25+/t29-,40+,41+,42+,43+,44-,45-,46+,47+,52-,53+/m1/s1. The summed E-state index contributed by atoms with van der Waals surface area (Å²) in [6, 6.07) is 15.5.